The van der Waals surface area contributed by atoms with E-state index >= 15 is 0 Å². The molecule has 39 heavy (non-hydrogen) atoms. The second kappa shape index (κ2) is 11.6. The van der Waals surface area contributed by atoms with Gasteiger partial charge in [0.05, 0.1) is 16.5 Å². The number of thioether (sulfide) groups is 1. The zero-order valence-corrected chi connectivity index (χ0v) is 25.4. The van der Waals surface area contributed by atoms with Crippen LogP contribution in [0.25, 0.3) is 16.3 Å². The van der Waals surface area contributed by atoms with E-state index in [2.05, 4.69) is 60.9 Å². The van der Waals surface area contributed by atoms with Crippen LogP contribution in [-0.4, -0.2) is 25.3 Å². The van der Waals surface area contributed by atoms with Crippen molar-refractivity contribution in [3.8, 4) is 0 Å². The Balaban J connectivity index is 1.56. The van der Waals surface area contributed by atoms with Crippen LogP contribution in [0.4, 0.5) is 5.69 Å². The molecule has 0 amide bonds. The molecule has 1 aliphatic heterocycles. The number of hydrogen-bond donors (Lipinski definition) is 1. The van der Waals surface area contributed by atoms with E-state index in [1.165, 1.54) is 11.1 Å². The maximum absolute atomic E-state index is 11.6. The van der Waals surface area contributed by atoms with Crippen LogP contribution in [0.1, 0.15) is 29.5 Å². The fraction of sp³-hybridized carbons (Fsp3) is 0.207. The molecule has 10 heteroatoms. The normalized spacial score (nSPS) is 14.9. The summed E-state index contributed by atoms with van der Waals surface area (Å²) < 4.78 is 36.0. The van der Waals surface area contributed by atoms with Crippen molar-refractivity contribution in [1.29, 1.82) is 0 Å². The minimum Gasteiger partial charge on any atom is -0.334 e. The fourth-order valence-electron chi connectivity index (χ4n) is 4.40. The average molecular weight is 619 g/mol. The van der Waals surface area contributed by atoms with E-state index in [9.17, 15) is 13.0 Å². The van der Waals surface area contributed by atoms with E-state index in [4.69, 9.17) is 23.2 Å². The number of nitrogens with zero attached hydrogens (tertiary/aromatic N) is 2. The van der Waals surface area contributed by atoms with Crippen LogP contribution < -0.4 is 9.47 Å². The molecule has 0 aliphatic carbocycles. The summed E-state index contributed by atoms with van der Waals surface area (Å²) in [6, 6.07) is 20.1. The number of halogens is 2. The number of hydrogen-bond acceptors (Lipinski definition) is 5. The van der Waals surface area contributed by atoms with Gasteiger partial charge in [-0.05, 0) is 55.3 Å². The van der Waals surface area contributed by atoms with Crippen LogP contribution in [0.15, 0.2) is 82.2 Å². The number of aryl methyl sites for hydroxylation is 1. The molecule has 5 rings (SSSR count). The number of anilines is 1. The van der Waals surface area contributed by atoms with Gasteiger partial charge in [0, 0.05) is 39.2 Å². The molecule has 3 aromatic carbocycles. The molecule has 0 saturated heterocycles. The molecule has 202 valence electrons. The second-order valence-corrected chi connectivity index (χ2v) is 13.9. The smallest absolute Gasteiger partial charge is 0.266 e. The Kier molecular flexibility index (Phi) is 8.42. The van der Waals surface area contributed by atoms with E-state index in [-0.39, 0.29) is 12.3 Å². The first kappa shape index (κ1) is 28.2. The Morgan fingerprint density at radius 3 is 2.49 bits per heavy atom. The number of rotatable bonds is 8. The van der Waals surface area contributed by atoms with Gasteiger partial charge in [-0.1, -0.05) is 83.1 Å². The lowest BCUT2D eigenvalue weighted by Crippen LogP contribution is -2.35. The number of aromatic nitrogens is 1. The van der Waals surface area contributed by atoms with Crippen molar-refractivity contribution in [2.24, 2.45) is 0 Å². The molecule has 4 aromatic rings. The topological polar surface area (TPSA) is 61.5 Å². The van der Waals surface area contributed by atoms with Crippen LogP contribution in [0.3, 0.4) is 0 Å². The Labute approximate surface area is 247 Å². The maximum atomic E-state index is 11.6. The lowest BCUT2D eigenvalue weighted by Gasteiger charge is -2.20. The van der Waals surface area contributed by atoms with E-state index in [0.717, 1.165) is 42.8 Å². The summed E-state index contributed by atoms with van der Waals surface area (Å²) in [4.78, 5) is 2.90. The molecule has 0 radical (unpaired) electrons. The molecule has 0 spiro atoms. The van der Waals surface area contributed by atoms with Gasteiger partial charge in [0.25, 0.3) is 15.1 Å². The van der Waals surface area contributed by atoms with Crippen molar-refractivity contribution in [1.82, 2.24) is 0 Å². The number of benzene rings is 3. The summed E-state index contributed by atoms with van der Waals surface area (Å²) in [6.07, 6.45) is 5.06. The third kappa shape index (κ3) is 6.70. The molecule has 0 bridgehead atoms. The second-order valence-electron chi connectivity index (χ2n) is 9.33. The standard InChI is InChI=1S/C29H26Cl2N2O3S3/c1-3-20(14-28-32(12-13-39(34,35)36)24-16-22(30)8-10-26(24)37-28)15-29-33(18-21-6-4-19(2)5-7-21)25-17-23(31)9-11-27(25)38-29/h4-11,14-17H,3,12-13,18H2,1-2H3/p+1. The number of fused-ring (bicyclic) bond motifs is 2. The highest BCUT2D eigenvalue weighted by Gasteiger charge is 2.27. The molecule has 0 fully saturated rings. The Bertz CT molecular complexity index is 1710. The predicted octanol–water partition coefficient (Wildman–Crippen LogP) is 7.99. The van der Waals surface area contributed by atoms with Crippen LogP contribution in [0, 0.1) is 6.92 Å². The molecular weight excluding hydrogens is 591 g/mol. The molecule has 0 saturated carbocycles. The summed E-state index contributed by atoms with van der Waals surface area (Å²) in [5, 5.41) is 3.24. The van der Waals surface area contributed by atoms with Crippen LogP contribution in [0.2, 0.25) is 10.0 Å². The minimum absolute atomic E-state index is 0.122. The molecule has 5 nitrogen and oxygen atoms in total. The first-order chi connectivity index (χ1) is 18.6. The predicted molar refractivity (Wildman–Crippen MR) is 165 cm³/mol. The van der Waals surface area contributed by atoms with Gasteiger partial charge in [-0.25, -0.2) is 0 Å². The van der Waals surface area contributed by atoms with Crippen molar-refractivity contribution in [2.75, 3.05) is 17.2 Å². The van der Waals surface area contributed by atoms with Crippen LogP contribution in [0.5, 0.6) is 0 Å². The minimum atomic E-state index is -4.12. The highest BCUT2D eigenvalue weighted by Crippen LogP contribution is 2.47. The number of allylic oxidation sites excluding steroid dienone is 2. The van der Waals surface area contributed by atoms with Crippen molar-refractivity contribution in [3.63, 3.8) is 0 Å². The Hall–Kier alpha value is -2.33. The van der Waals surface area contributed by atoms with Crippen molar-refractivity contribution < 1.29 is 17.5 Å². The average Bonchev–Trinajstić information content (AvgIpc) is 3.39. The first-order valence-electron chi connectivity index (χ1n) is 12.4. The largest absolute Gasteiger partial charge is 0.334 e. The first-order valence-corrected chi connectivity index (χ1v) is 16.4. The summed E-state index contributed by atoms with van der Waals surface area (Å²) in [5.41, 5.74) is 5.42. The SMILES string of the molecule is CCC(=Cc1sc2ccc(Cl)cc2[n+]1Cc1ccc(C)cc1)C=C1Sc2ccc(Cl)cc2N1CCS(=O)(=O)O. The zero-order chi connectivity index (χ0) is 27.7. The fourth-order valence-corrected chi connectivity index (χ4v) is 7.41. The summed E-state index contributed by atoms with van der Waals surface area (Å²) in [7, 11) is -4.12. The van der Waals surface area contributed by atoms with Crippen molar-refractivity contribution in [2.45, 2.75) is 31.7 Å². The molecule has 0 atom stereocenters. The third-order valence-electron chi connectivity index (χ3n) is 6.44. The molecular formula is C29H27Cl2N2O3S3+. The summed E-state index contributed by atoms with van der Waals surface area (Å²) in [6.45, 7) is 5.01. The highest BCUT2D eigenvalue weighted by molar-refractivity contribution is 8.03. The van der Waals surface area contributed by atoms with Gasteiger partial charge >= 0.3 is 0 Å². The molecule has 1 aliphatic rings. The van der Waals surface area contributed by atoms with Gasteiger partial charge in [0.1, 0.15) is 4.70 Å². The highest BCUT2D eigenvalue weighted by atomic mass is 35.5. The third-order valence-corrected chi connectivity index (χ3v) is 9.84. The monoisotopic (exact) mass is 617 g/mol. The quantitative estimate of drug-likeness (QED) is 0.160. The van der Waals surface area contributed by atoms with Crippen LogP contribution >= 0.6 is 46.3 Å². The van der Waals surface area contributed by atoms with Gasteiger partial charge in [0.15, 0.2) is 6.54 Å². The molecule has 0 unspecified atom stereocenters. The van der Waals surface area contributed by atoms with Gasteiger partial charge < -0.3 is 4.90 Å². The lowest BCUT2D eigenvalue weighted by molar-refractivity contribution is -0.659. The summed E-state index contributed by atoms with van der Waals surface area (Å²) in [5.74, 6) is -0.379. The number of thiazole rings is 1. The zero-order valence-electron chi connectivity index (χ0n) is 21.4. The van der Waals surface area contributed by atoms with Gasteiger partial charge in [-0.15, -0.1) is 0 Å². The Morgan fingerprint density at radius 1 is 1.05 bits per heavy atom. The lowest BCUT2D eigenvalue weighted by atomic mass is 10.1. The van der Waals surface area contributed by atoms with Crippen molar-refractivity contribution >= 4 is 78.4 Å². The van der Waals surface area contributed by atoms with Gasteiger partial charge in [-0.2, -0.15) is 13.0 Å². The van der Waals surface area contributed by atoms with Crippen LogP contribution in [-0.2, 0) is 16.7 Å². The van der Waals surface area contributed by atoms with E-state index < -0.39 is 10.1 Å². The van der Waals surface area contributed by atoms with Gasteiger partial charge in [0.2, 0.25) is 5.52 Å². The van der Waals surface area contributed by atoms with E-state index in [1.54, 1.807) is 23.1 Å². The molecule has 1 N–H and O–H groups in total. The van der Waals surface area contributed by atoms with Gasteiger partial charge in [-0.3, -0.25) is 4.55 Å². The van der Waals surface area contributed by atoms with E-state index in [1.807, 2.05) is 35.2 Å². The Morgan fingerprint density at radius 2 is 1.77 bits per heavy atom. The molecule has 1 aromatic heterocycles. The maximum Gasteiger partial charge on any atom is 0.266 e. The van der Waals surface area contributed by atoms with E-state index in [0.29, 0.717) is 16.6 Å². The van der Waals surface area contributed by atoms with Crippen molar-refractivity contribution in [3.05, 3.63) is 104 Å². The summed E-state index contributed by atoms with van der Waals surface area (Å²) >= 11 is 15.9. The molecule has 2 heterocycles.